The second-order valence-electron chi connectivity index (χ2n) is 8.30. The molecule has 0 saturated heterocycles. The number of fused-ring (bicyclic) bond motifs is 10. The van der Waals surface area contributed by atoms with Crippen LogP contribution in [0.2, 0.25) is 0 Å². The summed E-state index contributed by atoms with van der Waals surface area (Å²) in [6, 6.07) is 46.3. The van der Waals surface area contributed by atoms with E-state index in [1.807, 2.05) is 12.1 Å². The number of hydrogen-bond acceptors (Lipinski definition) is 0. The molecule has 0 saturated carbocycles. The van der Waals surface area contributed by atoms with Gasteiger partial charge in [0.05, 0.1) is 5.41 Å². The number of benzene rings is 5. The van der Waals surface area contributed by atoms with Crippen LogP contribution in [-0.2, 0) is 38.1 Å². The van der Waals surface area contributed by atoms with Crippen LogP contribution in [-0.4, -0.2) is 0 Å². The fourth-order valence-electron chi connectivity index (χ4n) is 5.84. The van der Waals surface area contributed by atoms with E-state index in [1.165, 1.54) is 44.5 Å². The Morgan fingerprint density at radius 3 is 1.66 bits per heavy atom. The molecule has 0 fully saturated rings. The van der Waals surface area contributed by atoms with Gasteiger partial charge in [0.2, 0.25) is 0 Å². The Kier molecular flexibility index (Phi) is 4.58. The van der Waals surface area contributed by atoms with Crippen molar-refractivity contribution in [2.45, 2.75) is 5.41 Å². The molecule has 0 N–H and O–H groups in total. The maximum Gasteiger partial charge on any atom is 0.0542 e. The Hall–Kier alpha value is -2.80. The molecule has 0 aromatic heterocycles. The molecule has 1 radical (unpaired) electrons. The zero-order valence-electron chi connectivity index (χ0n) is 17.5. The minimum absolute atomic E-state index is 0. The summed E-state index contributed by atoms with van der Waals surface area (Å²) in [6.45, 7) is 0. The van der Waals surface area contributed by atoms with Gasteiger partial charge in [-0.3, -0.25) is 0 Å². The van der Waals surface area contributed by atoms with Crippen molar-refractivity contribution in [2.75, 3.05) is 0 Å². The first kappa shape index (κ1) is 19.9. The molecule has 0 bridgehead atoms. The summed E-state index contributed by atoms with van der Waals surface area (Å²) in [6.07, 6.45) is 0. The predicted octanol–water partition coefficient (Wildman–Crippen LogP) is 7.29. The van der Waals surface area contributed by atoms with Gasteiger partial charge in [0.15, 0.2) is 0 Å². The van der Waals surface area contributed by atoms with Crippen LogP contribution >= 0.6 is 0 Å². The minimum atomic E-state index is -0.294. The van der Waals surface area contributed by atoms with Gasteiger partial charge < -0.3 is 0 Å². The molecule has 7 rings (SSSR count). The van der Waals surface area contributed by atoms with Gasteiger partial charge in [-0.05, 0) is 27.8 Å². The monoisotopic (exact) mass is 479 g/mol. The summed E-state index contributed by atoms with van der Waals surface area (Å²) in [4.78, 5) is 0. The van der Waals surface area contributed by atoms with Crippen molar-refractivity contribution in [3.05, 3.63) is 144 Å². The normalized spacial score (nSPS) is 13.6. The van der Waals surface area contributed by atoms with Crippen molar-refractivity contribution >= 4 is 0 Å². The molecular formula is C31H18Y-2. The van der Waals surface area contributed by atoms with Crippen LogP contribution in [0.3, 0.4) is 0 Å². The van der Waals surface area contributed by atoms with E-state index < -0.39 is 0 Å². The Morgan fingerprint density at radius 2 is 1.03 bits per heavy atom. The summed E-state index contributed by atoms with van der Waals surface area (Å²) in [5, 5.41) is 0. The molecular weight excluding hydrogens is 461 g/mol. The van der Waals surface area contributed by atoms with Crippen LogP contribution < -0.4 is 0 Å². The summed E-state index contributed by atoms with van der Waals surface area (Å²) in [5.74, 6) is 0. The summed E-state index contributed by atoms with van der Waals surface area (Å²) < 4.78 is 0. The number of rotatable bonds is 1. The minimum Gasteiger partial charge on any atom is -0.226 e. The first-order chi connectivity index (χ1) is 15.4. The molecule has 0 heterocycles. The van der Waals surface area contributed by atoms with Gasteiger partial charge in [-0.15, -0.1) is 23.3 Å². The molecule has 0 amide bonds. The average Bonchev–Trinajstić information content (AvgIpc) is 3.32. The molecule has 0 unspecified atom stereocenters. The third-order valence-corrected chi connectivity index (χ3v) is 6.93. The Balaban J connectivity index is 0.00000196. The van der Waals surface area contributed by atoms with Crippen LogP contribution in [0.5, 0.6) is 0 Å². The molecule has 1 heteroatoms. The molecule has 0 aliphatic heterocycles. The average molecular weight is 479 g/mol. The molecule has 5 aromatic rings. The van der Waals surface area contributed by atoms with Gasteiger partial charge >= 0.3 is 0 Å². The van der Waals surface area contributed by atoms with Crippen LogP contribution in [0.4, 0.5) is 0 Å². The van der Waals surface area contributed by atoms with Gasteiger partial charge in [0.1, 0.15) is 0 Å². The summed E-state index contributed by atoms with van der Waals surface area (Å²) in [7, 11) is 0. The van der Waals surface area contributed by atoms with Crippen molar-refractivity contribution in [3.8, 4) is 33.4 Å². The topological polar surface area (TPSA) is 0 Å². The first-order valence-corrected chi connectivity index (χ1v) is 10.7. The van der Waals surface area contributed by atoms with E-state index in [0.29, 0.717) is 0 Å². The third-order valence-electron chi connectivity index (χ3n) is 6.93. The Labute approximate surface area is 213 Å². The molecule has 1 spiro atoms. The SMILES string of the molecule is [Y].[c-]1ccccc1-c1[c-]ccc2c1-c1ccccc1C21c2ccccc2-c2ccccc21. The predicted molar refractivity (Wildman–Crippen MR) is 126 cm³/mol. The van der Waals surface area contributed by atoms with Crippen molar-refractivity contribution in [3.63, 3.8) is 0 Å². The molecule has 0 atom stereocenters. The molecule has 0 nitrogen and oxygen atoms in total. The molecule has 5 aromatic carbocycles. The van der Waals surface area contributed by atoms with Crippen LogP contribution in [0.15, 0.2) is 109 Å². The summed E-state index contributed by atoms with van der Waals surface area (Å²) in [5.41, 5.74) is 12.6. The third kappa shape index (κ3) is 2.40. The maximum absolute atomic E-state index is 3.55. The van der Waals surface area contributed by atoms with Gasteiger partial charge in [-0.2, -0.15) is 36.4 Å². The van der Waals surface area contributed by atoms with E-state index in [2.05, 4.69) is 109 Å². The fourth-order valence-corrected chi connectivity index (χ4v) is 5.84. The van der Waals surface area contributed by atoms with Crippen molar-refractivity contribution in [1.82, 2.24) is 0 Å². The standard InChI is InChI=1S/C31H18.Y/c1-2-11-21(12-3-1)22-16-10-20-29-30(22)25-15-6-9-19-28(25)31(29)26-17-7-4-13-23(26)24-14-5-8-18-27(24)31;/h1-11,13-15,17-20H;/q-2;. The van der Waals surface area contributed by atoms with Crippen LogP contribution in [0.1, 0.15) is 22.3 Å². The van der Waals surface area contributed by atoms with E-state index in [1.54, 1.807) is 0 Å². The Bertz CT molecular complexity index is 1430. The van der Waals surface area contributed by atoms with E-state index in [0.717, 1.165) is 11.1 Å². The Morgan fingerprint density at radius 1 is 0.469 bits per heavy atom. The van der Waals surface area contributed by atoms with Gasteiger partial charge in [-0.25, -0.2) is 11.1 Å². The second-order valence-corrected chi connectivity index (χ2v) is 8.30. The van der Waals surface area contributed by atoms with E-state index in [4.69, 9.17) is 0 Å². The quantitative estimate of drug-likeness (QED) is 0.217. The fraction of sp³-hybridized carbons (Fsp3) is 0.0323. The van der Waals surface area contributed by atoms with Crippen molar-refractivity contribution in [2.24, 2.45) is 0 Å². The second kappa shape index (κ2) is 7.37. The van der Waals surface area contributed by atoms with Crippen LogP contribution in [0, 0.1) is 12.1 Å². The van der Waals surface area contributed by atoms with E-state index in [-0.39, 0.29) is 38.1 Å². The molecule has 2 aliphatic carbocycles. The van der Waals surface area contributed by atoms with Gasteiger partial charge in [0.25, 0.3) is 0 Å². The maximum atomic E-state index is 3.55. The number of hydrogen-bond donors (Lipinski definition) is 0. The largest absolute Gasteiger partial charge is 0.226 e. The first-order valence-electron chi connectivity index (χ1n) is 10.7. The zero-order valence-corrected chi connectivity index (χ0v) is 20.3. The van der Waals surface area contributed by atoms with E-state index >= 15 is 0 Å². The summed E-state index contributed by atoms with van der Waals surface area (Å²) >= 11 is 0. The van der Waals surface area contributed by atoms with Crippen molar-refractivity contribution < 1.29 is 32.7 Å². The zero-order chi connectivity index (χ0) is 20.4. The van der Waals surface area contributed by atoms with Gasteiger partial charge in [-0.1, -0.05) is 78.4 Å². The molecule has 2 aliphatic rings. The van der Waals surface area contributed by atoms with Crippen molar-refractivity contribution in [1.29, 1.82) is 0 Å². The van der Waals surface area contributed by atoms with Gasteiger partial charge in [0, 0.05) is 32.7 Å². The van der Waals surface area contributed by atoms with E-state index in [9.17, 15) is 0 Å². The molecule has 32 heavy (non-hydrogen) atoms. The molecule has 147 valence electrons. The smallest absolute Gasteiger partial charge is 0.0542 e. The van der Waals surface area contributed by atoms with Crippen LogP contribution in [0.25, 0.3) is 33.4 Å².